The Morgan fingerprint density at radius 1 is 1.58 bits per heavy atom. The van der Waals surface area contributed by atoms with E-state index in [1.165, 1.54) is 25.8 Å². The van der Waals surface area contributed by atoms with Gasteiger partial charge in [-0.15, -0.1) is 0 Å². The molecule has 1 aliphatic rings. The molecule has 0 heterocycles. The van der Waals surface area contributed by atoms with Crippen LogP contribution in [0.3, 0.4) is 0 Å². The minimum Gasteiger partial charge on any atom is -0.327 e. The van der Waals surface area contributed by atoms with Gasteiger partial charge >= 0.3 is 0 Å². The maximum absolute atomic E-state index is 5.47. The molecule has 0 amide bonds. The molecule has 2 nitrogen and oxygen atoms in total. The second kappa shape index (κ2) is 4.63. The highest BCUT2D eigenvalue weighted by Gasteiger charge is 2.18. The third kappa shape index (κ3) is 2.95. The zero-order valence-electron chi connectivity index (χ0n) is 8.05. The molecule has 0 radical (unpaired) electrons. The topological polar surface area (TPSA) is 29.3 Å². The van der Waals surface area contributed by atoms with Crippen molar-refractivity contribution in [2.24, 2.45) is 11.7 Å². The van der Waals surface area contributed by atoms with Crippen molar-refractivity contribution in [1.82, 2.24) is 4.90 Å². The van der Waals surface area contributed by atoms with E-state index in [-0.39, 0.29) is 0 Å². The van der Waals surface area contributed by atoms with E-state index in [0.29, 0.717) is 6.54 Å². The fraction of sp³-hybridized carbons (Fsp3) is 0.800. The quantitative estimate of drug-likeness (QED) is 0.626. The van der Waals surface area contributed by atoms with Crippen LogP contribution in [0.1, 0.15) is 19.3 Å². The molecule has 0 aromatic rings. The van der Waals surface area contributed by atoms with Crippen LogP contribution < -0.4 is 5.73 Å². The Bertz CT molecular complexity index is 150. The molecule has 70 valence electrons. The van der Waals surface area contributed by atoms with Crippen molar-refractivity contribution < 1.29 is 0 Å². The van der Waals surface area contributed by atoms with Gasteiger partial charge in [0, 0.05) is 19.6 Å². The zero-order chi connectivity index (χ0) is 8.97. The fourth-order valence-electron chi connectivity index (χ4n) is 1.63. The van der Waals surface area contributed by atoms with E-state index in [1.54, 1.807) is 0 Å². The maximum Gasteiger partial charge on any atom is 0.0199 e. The van der Waals surface area contributed by atoms with Crippen molar-refractivity contribution >= 4 is 0 Å². The van der Waals surface area contributed by atoms with Gasteiger partial charge < -0.3 is 10.6 Å². The van der Waals surface area contributed by atoms with E-state index in [9.17, 15) is 0 Å². The van der Waals surface area contributed by atoms with Gasteiger partial charge in [-0.25, -0.2) is 0 Å². The molecule has 1 aliphatic carbocycles. The summed E-state index contributed by atoms with van der Waals surface area (Å²) < 4.78 is 0. The fourth-order valence-corrected chi connectivity index (χ4v) is 1.63. The van der Waals surface area contributed by atoms with Crippen molar-refractivity contribution in [2.75, 3.05) is 26.7 Å². The van der Waals surface area contributed by atoms with Crippen LogP contribution in [-0.2, 0) is 0 Å². The Morgan fingerprint density at radius 3 is 2.67 bits per heavy atom. The molecule has 0 aliphatic heterocycles. The maximum atomic E-state index is 5.47. The number of nitrogens with two attached hydrogens (primary N) is 1. The Labute approximate surface area is 75.4 Å². The third-order valence-electron chi connectivity index (χ3n) is 2.58. The van der Waals surface area contributed by atoms with Gasteiger partial charge in [-0.05, 0) is 31.4 Å². The molecular weight excluding hydrogens is 148 g/mol. The van der Waals surface area contributed by atoms with Crippen LogP contribution in [0.4, 0.5) is 0 Å². The number of nitrogens with zero attached hydrogens (tertiary/aromatic N) is 1. The number of hydrogen-bond donors (Lipinski definition) is 1. The van der Waals surface area contributed by atoms with Crippen molar-refractivity contribution in [3.05, 3.63) is 12.2 Å². The van der Waals surface area contributed by atoms with Gasteiger partial charge in [0.05, 0.1) is 0 Å². The highest BCUT2D eigenvalue weighted by molar-refractivity contribution is 4.98. The summed E-state index contributed by atoms with van der Waals surface area (Å²) in [7, 11) is 2.15. The molecule has 0 saturated heterocycles. The molecule has 0 aromatic carbocycles. The van der Waals surface area contributed by atoms with Crippen molar-refractivity contribution in [3.63, 3.8) is 0 Å². The molecule has 0 atom stereocenters. The Morgan fingerprint density at radius 2 is 2.25 bits per heavy atom. The second-order valence-electron chi connectivity index (χ2n) is 3.95. The van der Waals surface area contributed by atoms with Crippen molar-refractivity contribution in [1.29, 1.82) is 0 Å². The van der Waals surface area contributed by atoms with Crippen molar-refractivity contribution in [2.45, 2.75) is 19.3 Å². The molecule has 12 heavy (non-hydrogen) atoms. The molecular formula is C10H20N2. The summed E-state index contributed by atoms with van der Waals surface area (Å²) in [6, 6.07) is 0. The van der Waals surface area contributed by atoms with Crippen LogP contribution in [0.15, 0.2) is 12.2 Å². The summed E-state index contributed by atoms with van der Waals surface area (Å²) in [5, 5.41) is 0. The van der Waals surface area contributed by atoms with E-state index in [4.69, 9.17) is 5.73 Å². The predicted molar refractivity (Wildman–Crippen MR) is 53.0 cm³/mol. The highest BCUT2D eigenvalue weighted by Crippen LogP contribution is 2.26. The summed E-state index contributed by atoms with van der Waals surface area (Å²) in [5.74, 6) is 0.945. The van der Waals surface area contributed by atoms with Crippen LogP contribution in [0.5, 0.6) is 0 Å². The SMILES string of the molecule is C=C(CN)CN(C)CC1CCC1. The lowest BCUT2D eigenvalue weighted by Crippen LogP contribution is -2.31. The lowest BCUT2D eigenvalue weighted by Gasteiger charge is -2.30. The first-order valence-electron chi connectivity index (χ1n) is 4.77. The summed E-state index contributed by atoms with van der Waals surface area (Å²) in [6.45, 7) is 6.70. The largest absolute Gasteiger partial charge is 0.327 e. The van der Waals surface area contributed by atoms with Gasteiger partial charge in [-0.1, -0.05) is 13.0 Å². The molecule has 1 saturated carbocycles. The smallest absolute Gasteiger partial charge is 0.0199 e. The van der Waals surface area contributed by atoms with Gasteiger partial charge in [-0.3, -0.25) is 0 Å². The monoisotopic (exact) mass is 168 g/mol. The van der Waals surface area contributed by atoms with Gasteiger partial charge in [0.25, 0.3) is 0 Å². The standard InChI is InChI=1S/C10H20N2/c1-9(6-11)7-12(2)8-10-4-3-5-10/h10H,1,3-8,11H2,2H3. The molecule has 2 N–H and O–H groups in total. The average molecular weight is 168 g/mol. The first-order chi connectivity index (χ1) is 5.72. The van der Waals surface area contributed by atoms with Crippen LogP contribution in [0.25, 0.3) is 0 Å². The van der Waals surface area contributed by atoms with Crippen molar-refractivity contribution in [3.8, 4) is 0 Å². The molecule has 1 rings (SSSR count). The Hall–Kier alpha value is -0.340. The number of rotatable bonds is 5. The number of hydrogen-bond acceptors (Lipinski definition) is 2. The predicted octanol–water partition coefficient (Wildman–Crippen LogP) is 1.23. The third-order valence-corrected chi connectivity index (χ3v) is 2.58. The van der Waals surface area contributed by atoms with Gasteiger partial charge in [-0.2, -0.15) is 0 Å². The molecule has 0 aromatic heterocycles. The Balaban J connectivity index is 2.10. The minimum absolute atomic E-state index is 0.620. The minimum atomic E-state index is 0.620. The van der Waals surface area contributed by atoms with E-state index < -0.39 is 0 Å². The van der Waals surface area contributed by atoms with Gasteiger partial charge in [0.2, 0.25) is 0 Å². The summed E-state index contributed by atoms with van der Waals surface area (Å²) in [6.07, 6.45) is 4.26. The van der Waals surface area contributed by atoms with E-state index in [0.717, 1.165) is 18.0 Å². The van der Waals surface area contributed by atoms with Crippen LogP contribution in [-0.4, -0.2) is 31.6 Å². The zero-order valence-corrected chi connectivity index (χ0v) is 8.05. The van der Waals surface area contributed by atoms with E-state index >= 15 is 0 Å². The summed E-state index contributed by atoms with van der Waals surface area (Å²) in [4.78, 5) is 2.33. The molecule has 0 bridgehead atoms. The lowest BCUT2D eigenvalue weighted by molar-refractivity contribution is 0.215. The molecule has 0 spiro atoms. The highest BCUT2D eigenvalue weighted by atomic mass is 15.1. The Kier molecular flexibility index (Phi) is 3.76. The normalized spacial score (nSPS) is 17.9. The first kappa shape index (κ1) is 9.75. The van der Waals surface area contributed by atoms with E-state index in [1.807, 2.05) is 0 Å². The summed E-state index contributed by atoms with van der Waals surface area (Å²) in [5.41, 5.74) is 6.61. The van der Waals surface area contributed by atoms with Gasteiger partial charge in [0.1, 0.15) is 0 Å². The van der Waals surface area contributed by atoms with Gasteiger partial charge in [0.15, 0.2) is 0 Å². The van der Waals surface area contributed by atoms with Crippen LogP contribution in [0, 0.1) is 5.92 Å². The average Bonchev–Trinajstić information content (AvgIpc) is 1.97. The van der Waals surface area contributed by atoms with Crippen LogP contribution >= 0.6 is 0 Å². The first-order valence-corrected chi connectivity index (χ1v) is 4.77. The lowest BCUT2D eigenvalue weighted by atomic mass is 9.85. The molecule has 2 heteroatoms. The number of likely N-dealkylation sites (N-methyl/N-ethyl adjacent to an activating group) is 1. The molecule has 0 unspecified atom stereocenters. The van der Waals surface area contributed by atoms with Crippen LogP contribution in [0.2, 0.25) is 0 Å². The summed E-state index contributed by atoms with van der Waals surface area (Å²) >= 11 is 0. The molecule has 1 fully saturated rings. The van der Waals surface area contributed by atoms with E-state index in [2.05, 4.69) is 18.5 Å². The second-order valence-corrected chi connectivity index (χ2v) is 3.95.